The van der Waals surface area contributed by atoms with Crippen LogP contribution < -0.4 is 0 Å². The van der Waals surface area contributed by atoms with E-state index in [2.05, 4.69) is 4.98 Å². The number of esters is 3. The SMILES string of the molecule is CC(=O)OC[C@H]1O[C@@H](n2cnc(C)c2C#N)[C@H](OC(C)=O)[C@@H]1OC(C)=O. The number of rotatable bonds is 5. The number of hydrogen-bond donors (Lipinski definition) is 0. The van der Waals surface area contributed by atoms with Crippen LogP contribution in [0.25, 0.3) is 0 Å². The van der Waals surface area contributed by atoms with E-state index >= 15 is 0 Å². The second kappa shape index (κ2) is 7.97. The van der Waals surface area contributed by atoms with Crippen LogP contribution >= 0.6 is 0 Å². The molecule has 0 unspecified atom stereocenters. The summed E-state index contributed by atoms with van der Waals surface area (Å²) in [6, 6.07) is 2.00. The molecule has 2 rings (SSSR count). The van der Waals surface area contributed by atoms with Gasteiger partial charge in [-0.2, -0.15) is 5.26 Å². The molecule has 4 atom stereocenters. The number of nitriles is 1. The third-order valence-corrected chi connectivity index (χ3v) is 3.70. The summed E-state index contributed by atoms with van der Waals surface area (Å²) in [5.41, 5.74) is 0.673. The summed E-state index contributed by atoms with van der Waals surface area (Å²) in [4.78, 5) is 38.2. The maximum absolute atomic E-state index is 11.5. The molecule has 0 radical (unpaired) electrons. The van der Waals surface area contributed by atoms with Gasteiger partial charge < -0.3 is 18.9 Å². The largest absolute Gasteiger partial charge is 0.463 e. The Morgan fingerprint density at radius 1 is 1.19 bits per heavy atom. The molecule has 0 N–H and O–H groups in total. The first-order valence-corrected chi connectivity index (χ1v) is 7.81. The lowest BCUT2D eigenvalue weighted by atomic mass is 10.1. The number of nitrogens with zero attached hydrogens (tertiary/aromatic N) is 3. The molecule has 1 aromatic heterocycles. The molecule has 10 nitrogen and oxygen atoms in total. The van der Waals surface area contributed by atoms with Gasteiger partial charge >= 0.3 is 17.9 Å². The fraction of sp³-hybridized carbons (Fsp3) is 0.562. The van der Waals surface area contributed by atoms with Crippen LogP contribution in [0.15, 0.2) is 6.33 Å². The number of hydrogen-bond acceptors (Lipinski definition) is 9. The van der Waals surface area contributed by atoms with E-state index in [0.29, 0.717) is 5.69 Å². The number of carbonyl (C=O) groups excluding carboxylic acids is 3. The van der Waals surface area contributed by atoms with Crippen molar-refractivity contribution in [2.24, 2.45) is 0 Å². The first-order valence-electron chi connectivity index (χ1n) is 7.81. The van der Waals surface area contributed by atoms with Crippen molar-refractivity contribution in [2.45, 2.75) is 52.2 Å². The van der Waals surface area contributed by atoms with Gasteiger partial charge in [0.2, 0.25) is 0 Å². The van der Waals surface area contributed by atoms with E-state index in [1.54, 1.807) is 6.92 Å². The van der Waals surface area contributed by atoms with Crippen molar-refractivity contribution in [1.29, 1.82) is 5.26 Å². The van der Waals surface area contributed by atoms with Crippen molar-refractivity contribution in [3.05, 3.63) is 17.7 Å². The Bertz CT molecular complexity index is 752. The standard InChI is InChI=1S/C16H19N3O7/c1-8-12(5-17)19(7-18-8)16-15(25-11(4)22)14(24-10(3)21)13(26-16)6-23-9(2)20/h7,13-16H,6H2,1-4H3/t13-,14-,15-,16-/m1/s1. The predicted octanol–water partition coefficient (Wildman–Crippen LogP) is 0.387. The predicted molar refractivity (Wildman–Crippen MR) is 83.3 cm³/mol. The topological polar surface area (TPSA) is 130 Å². The molecule has 0 spiro atoms. The third kappa shape index (κ3) is 4.18. The van der Waals surface area contributed by atoms with Gasteiger partial charge in [-0.1, -0.05) is 0 Å². The fourth-order valence-electron chi connectivity index (χ4n) is 2.70. The second-order valence-electron chi connectivity index (χ2n) is 5.71. The Labute approximate surface area is 149 Å². The molecule has 0 aliphatic carbocycles. The number of carbonyl (C=O) groups is 3. The van der Waals surface area contributed by atoms with E-state index in [1.165, 1.54) is 31.7 Å². The zero-order valence-electron chi connectivity index (χ0n) is 14.8. The summed E-state index contributed by atoms with van der Waals surface area (Å²) in [7, 11) is 0. The van der Waals surface area contributed by atoms with Crippen LogP contribution in [0.1, 0.15) is 38.4 Å². The molecule has 1 aromatic rings. The van der Waals surface area contributed by atoms with Gasteiger partial charge in [0.15, 0.2) is 18.4 Å². The van der Waals surface area contributed by atoms with Crippen LogP contribution in [0.4, 0.5) is 0 Å². The molecule has 26 heavy (non-hydrogen) atoms. The average molecular weight is 365 g/mol. The Balaban J connectivity index is 2.41. The van der Waals surface area contributed by atoms with Crippen LogP contribution in [-0.4, -0.2) is 52.4 Å². The van der Waals surface area contributed by atoms with E-state index in [-0.39, 0.29) is 12.3 Å². The van der Waals surface area contributed by atoms with Gasteiger partial charge in [-0.05, 0) is 6.92 Å². The summed E-state index contributed by atoms with van der Waals surface area (Å²) in [6.45, 7) is 5.06. The zero-order valence-corrected chi connectivity index (χ0v) is 14.8. The maximum atomic E-state index is 11.5. The molecular weight excluding hydrogens is 346 g/mol. The highest BCUT2D eigenvalue weighted by atomic mass is 16.7. The van der Waals surface area contributed by atoms with E-state index < -0.39 is 42.4 Å². The Morgan fingerprint density at radius 3 is 2.35 bits per heavy atom. The van der Waals surface area contributed by atoms with Crippen molar-refractivity contribution in [2.75, 3.05) is 6.61 Å². The van der Waals surface area contributed by atoms with Gasteiger partial charge in [0, 0.05) is 20.8 Å². The summed E-state index contributed by atoms with van der Waals surface area (Å²) < 4.78 is 22.7. The molecule has 1 fully saturated rings. The fourth-order valence-corrected chi connectivity index (χ4v) is 2.70. The first kappa shape index (κ1) is 19.4. The Kier molecular flexibility index (Phi) is 5.94. The van der Waals surface area contributed by atoms with Gasteiger partial charge in [0.1, 0.15) is 24.5 Å². The van der Waals surface area contributed by atoms with Crippen molar-refractivity contribution >= 4 is 17.9 Å². The minimum Gasteiger partial charge on any atom is -0.463 e. The smallest absolute Gasteiger partial charge is 0.303 e. The van der Waals surface area contributed by atoms with Gasteiger partial charge in [-0.15, -0.1) is 0 Å². The molecule has 1 aliphatic heterocycles. The number of ether oxygens (including phenoxy) is 4. The van der Waals surface area contributed by atoms with Crippen molar-refractivity contribution in [3.63, 3.8) is 0 Å². The maximum Gasteiger partial charge on any atom is 0.303 e. The normalized spacial score (nSPS) is 24.6. The molecule has 10 heteroatoms. The lowest BCUT2D eigenvalue weighted by Crippen LogP contribution is -2.40. The average Bonchev–Trinajstić information content (AvgIpc) is 3.05. The lowest BCUT2D eigenvalue weighted by molar-refractivity contribution is -0.166. The minimum absolute atomic E-state index is 0.210. The van der Waals surface area contributed by atoms with E-state index in [1.807, 2.05) is 6.07 Å². The zero-order chi connectivity index (χ0) is 19.4. The highest BCUT2D eigenvalue weighted by Crippen LogP contribution is 2.35. The first-order chi connectivity index (χ1) is 12.2. The monoisotopic (exact) mass is 365 g/mol. The summed E-state index contributed by atoms with van der Waals surface area (Å²) in [5, 5.41) is 9.34. The lowest BCUT2D eigenvalue weighted by Gasteiger charge is -2.23. The molecule has 0 aromatic carbocycles. The Hall–Kier alpha value is -2.93. The van der Waals surface area contributed by atoms with Gasteiger partial charge in [-0.3, -0.25) is 19.0 Å². The highest BCUT2D eigenvalue weighted by molar-refractivity contribution is 5.68. The van der Waals surface area contributed by atoms with Crippen LogP contribution in [0, 0.1) is 18.3 Å². The molecule has 0 bridgehead atoms. The van der Waals surface area contributed by atoms with Crippen LogP contribution in [0.2, 0.25) is 0 Å². The molecular formula is C16H19N3O7. The van der Waals surface area contributed by atoms with Gasteiger partial charge in [0.25, 0.3) is 0 Å². The van der Waals surface area contributed by atoms with Crippen LogP contribution in [-0.2, 0) is 33.3 Å². The number of aromatic nitrogens is 2. The number of imidazole rings is 1. The Morgan fingerprint density at radius 2 is 1.81 bits per heavy atom. The van der Waals surface area contributed by atoms with E-state index in [0.717, 1.165) is 0 Å². The quantitative estimate of drug-likeness (QED) is 0.537. The molecule has 0 saturated carbocycles. The van der Waals surface area contributed by atoms with Crippen LogP contribution in [0.3, 0.4) is 0 Å². The molecule has 1 saturated heterocycles. The second-order valence-corrected chi connectivity index (χ2v) is 5.71. The molecule has 1 aliphatic rings. The van der Waals surface area contributed by atoms with Crippen molar-refractivity contribution in [1.82, 2.24) is 9.55 Å². The molecule has 2 heterocycles. The molecule has 0 amide bonds. The highest BCUT2D eigenvalue weighted by Gasteiger charge is 2.51. The van der Waals surface area contributed by atoms with Gasteiger partial charge in [-0.25, -0.2) is 4.98 Å². The summed E-state index contributed by atoms with van der Waals surface area (Å²) in [6.07, 6.45) is -2.55. The third-order valence-electron chi connectivity index (χ3n) is 3.70. The number of aryl methyl sites for hydroxylation is 1. The van der Waals surface area contributed by atoms with Crippen LogP contribution in [0.5, 0.6) is 0 Å². The van der Waals surface area contributed by atoms with Crippen molar-refractivity contribution < 1.29 is 33.3 Å². The summed E-state index contributed by atoms with van der Waals surface area (Å²) in [5.74, 6) is -1.78. The summed E-state index contributed by atoms with van der Waals surface area (Å²) >= 11 is 0. The van der Waals surface area contributed by atoms with E-state index in [9.17, 15) is 19.6 Å². The van der Waals surface area contributed by atoms with Gasteiger partial charge in [0.05, 0.1) is 12.0 Å². The molecule has 140 valence electrons. The van der Waals surface area contributed by atoms with Crippen molar-refractivity contribution in [3.8, 4) is 6.07 Å². The minimum atomic E-state index is -1.04. The van der Waals surface area contributed by atoms with E-state index in [4.69, 9.17) is 18.9 Å².